The van der Waals surface area contributed by atoms with Crippen LogP contribution in [0.2, 0.25) is 0 Å². The monoisotopic (exact) mass is 280 g/mol. The van der Waals surface area contributed by atoms with E-state index in [1.54, 1.807) is 0 Å². The van der Waals surface area contributed by atoms with E-state index in [0.717, 1.165) is 24.6 Å². The number of aromatic nitrogens is 3. The molecule has 2 N–H and O–H groups in total. The van der Waals surface area contributed by atoms with Crippen molar-refractivity contribution in [2.45, 2.75) is 25.9 Å². The second-order valence-electron chi connectivity index (χ2n) is 6.14. The normalized spacial score (nSPS) is 22.1. The zero-order valence-corrected chi connectivity index (χ0v) is 12.2. The van der Waals surface area contributed by atoms with Gasteiger partial charge in [0.1, 0.15) is 0 Å². The molecule has 0 radical (unpaired) electrons. The molecule has 1 aromatic carbocycles. The van der Waals surface area contributed by atoms with Crippen molar-refractivity contribution in [1.29, 1.82) is 0 Å². The van der Waals surface area contributed by atoms with Crippen LogP contribution in [0.3, 0.4) is 0 Å². The smallest absolute Gasteiger partial charge is 0.0565 e. The number of H-pyrrole nitrogens is 1. The van der Waals surface area contributed by atoms with E-state index in [1.807, 2.05) is 12.4 Å². The van der Waals surface area contributed by atoms with Crippen molar-refractivity contribution < 1.29 is 0 Å². The highest BCUT2D eigenvalue weighted by Gasteiger charge is 2.21. The third kappa shape index (κ3) is 2.36. The van der Waals surface area contributed by atoms with E-state index in [2.05, 4.69) is 57.5 Å². The van der Waals surface area contributed by atoms with Gasteiger partial charge in [-0.05, 0) is 49.6 Å². The summed E-state index contributed by atoms with van der Waals surface area (Å²) >= 11 is 0. The molecule has 0 saturated carbocycles. The van der Waals surface area contributed by atoms with Crippen molar-refractivity contribution in [2.24, 2.45) is 5.92 Å². The Balaban J connectivity index is 1.63. The van der Waals surface area contributed by atoms with Crippen LogP contribution >= 0.6 is 0 Å². The lowest BCUT2D eigenvalue weighted by molar-refractivity contribution is 0.483. The van der Waals surface area contributed by atoms with E-state index in [-0.39, 0.29) is 0 Å². The summed E-state index contributed by atoms with van der Waals surface area (Å²) in [5.74, 6) is 0.740. The fourth-order valence-corrected chi connectivity index (χ4v) is 3.40. The molecule has 1 aliphatic rings. The Hall–Kier alpha value is -2.07. The Morgan fingerprint density at radius 3 is 3.00 bits per heavy atom. The van der Waals surface area contributed by atoms with Crippen molar-refractivity contribution >= 4 is 10.9 Å². The van der Waals surface area contributed by atoms with Crippen LogP contribution in [0.1, 0.15) is 13.3 Å². The molecule has 108 valence electrons. The van der Waals surface area contributed by atoms with Crippen LogP contribution in [-0.2, 0) is 6.54 Å². The molecule has 4 rings (SSSR count). The maximum absolute atomic E-state index is 4.02. The van der Waals surface area contributed by atoms with Crippen LogP contribution < -0.4 is 5.32 Å². The molecule has 0 bridgehead atoms. The molecule has 0 spiro atoms. The Morgan fingerprint density at radius 1 is 1.29 bits per heavy atom. The van der Waals surface area contributed by atoms with Gasteiger partial charge in [0.25, 0.3) is 0 Å². The average molecular weight is 280 g/mol. The maximum Gasteiger partial charge on any atom is 0.0565 e. The summed E-state index contributed by atoms with van der Waals surface area (Å²) in [6.45, 7) is 4.50. The van der Waals surface area contributed by atoms with Crippen molar-refractivity contribution in [1.82, 2.24) is 20.1 Å². The van der Waals surface area contributed by atoms with Gasteiger partial charge in [-0.25, -0.2) is 0 Å². The topological polar surface area (TPSA) is 45.6 Å². The Labute approximate surface area is 124 Å². The van der Waals surface area contributed by atoms with E-state index in [0.29, 0.717) is 6.04 Å². The largest absolute Gasteiger partial charge is 0.347 e. The lowest BCUT2D eigenvalue weighted by atomic mass is 10.1. The van der Waals surface area contributed by atoms with Gasteiger partial charge in [0, 0.05) is 41.4 Å². The quantitative estimate of drug-likeness (QED) is 0.774. The van der Waals surface area contributed by atoms with Gasteiger partial charge in [-0.1, -0.05) is 6.07 Å². The number of nitrogens with one attached hydrogen (secondary N) is 2. The van der Waals surface area contributed by atoms with Gasteiger partial charge in [0.2, 0.25) is 0 Å². The molecule has 2 atom stereocenters. The standard InChI is InChI=1S/C17H20N4/c1-12-6-13(8-18-12)11-21-5-4-15-7-14(2-3-17(15)21)16-9-19-20-10-16/h2-5,7,9-10,12-13,18H,6,8,11H2,1H3,(H,19,20)/t12-,13?/m0/s1. The number of nitrogens with zero attached hydrogens (tertiary/aromatic N) is 2. The summed E-state index contributed by atoms with van der Waals surface area (Å²) in [5.41, 5.74) is 3.67. The minimum atomic E-state index is 0.657. The molecule has 4 heteroatoms. The van der Waals surface area contributed by atoms with E-state index >= 15 is 0 Å². The van der Waals surface area contributed by atoms with Gasteiger partial charge in [-0.2, -0.15) is 5.10 Å². The summed E-state index contributed by atoms with van der Waals surface area (Å²) in [6, 6.07) is 9.52. The van der Waals surface area contributed by atoms with Gasteiger partial charge >= 0.3 is 0 Å². The number of benzene rings is 1. The molecule has 2 aromatic heterocycles. The van der Waals surface area contributed by atoms with Crippen molar-refractivity contribution in [3.05, 3.63) is 42.9 Å². The van der Waals surface area contributed by atoms with Gasteiger partial charge in [0.05, 0.1) is 6.20 Å². The first-order chi connectivity index (χ1) is 10.3. The second kappa shape index (κ2) is 5.04. The molecule has 1 aliphatic heterocycles. The Morgan fingerprint density at radius 2 is 2.24 bits per heavy atom. The molecular weight excluding hydrogens is 260 g/mol. The average Bonchev–Trinajstić information content (AvgIpc) is 3.21. The fraction of sp³-hybridized carbons (Fsp3) is 0.353. The summed E-state index contributed by atoms with van der Waals surface area (Å²) in [7, 11) is 0. The van der Waals surface area contributed by atoms with Crippen LogP contribution in [0.5, 0.6) is 0 Å². The maximum atomic E-state index is 4.02. The number of hydrogen-bond donors (Lipinski definition) is 2. The van der Waals surface area contributed by atoms with Crippen molar-refractivity contribution in [2.75, 3.05) is 6.54 Å². The SMILES string of the molecule is C[C@H]1CC(Cn2ccc3cc(-c4cn[nH]c4)ccc32)CN1. The number of hydrogen-bond acceptors (Lipinski definition) is 2. The molecule has 0 aliphatic carbocycles. The van der Waals surface area contributed by atoms with Gasteiger partial charge in [-0.15, -0.1) is 0 Å². The lowest BCUT2D eigenvalue weighted by Crippen LogP contribution is -2.17. The first kappa shape index (κ1) is 12.7. The summed E-state index contributed by atoms with van der Waals surface area (Å²) < 4.78 is 2.39. The number of fused-ring (bicyclic) bond motifs is 1. The highest BCUT2D eigenvalue weighted by atomic mass is 15.1. The summed E-state index contributed by atoms with van der Waals surface area (Å²) in [6.07, 6.45) is 7.28. The first-order valence-corrected chi connectivity index (χ1v) is 7.61. The molecular formula is C17H20N4. The van der Waals surface area contributed by atoms with Crippen molar-refractivity contribution in [3.8, 4) is 11.1 Å². The molecule has 1 unspecified atom stereocenters. The fourth-order valence-electron chi connectivity index (χ4n) is 3.40. The highest BCUT2D eigenvalue weighted by Crippen LogP contribution is 2.26. The zero-order chi connectivity index (χ0) is 14.2. The summed E-state index contributed by atoms with van der Waals surface area (Å²) in [4.78, 5) is 0. The summed E-state index contributed by atoms with van der Waals surface area (Å²) in [5, 5.41) is 11.7. The minimum absolute atomic E-state index is 0.657. The third-order valence-electron chi connectivity index (χ3n) is 4.50. The second-order valence-corrected chi connectivity index (χ2v) is 6.14. The highest BCUT2D eigenvalue weighted by molar-refractivity contribution is 5.85. The predicted molar refractivity (Wildman–Crippen MR) is 85.1 cm³/mol. The molecule has 0 amide bonds. The van der Waals surface area contributed by atoms with Crippen LogP contribution in [0, 0.1) is 5.92 Å². The van der Waals surface area contributed by atoms with Crippen LogP contribution in [0.25, 0.3) is 22.0 Å². The molecule has 4 nitrogen and oxygen atoms in total. The lowest BCUT2D eigenvalue weighted by Gasteiger charge is -2.11. The van der Waals surface area contributed by atoms with Crippen LogP contribution in [-0.4, -0.2) is 27.4 Å². The zero-order valence-electron chi connectivity index (χ0n) is 12.2. The van der Waals surface area contributed by atoms with Crippen molar-refractivity contribution in [3.63, 3.8) is 0 Å². The first-order valence-electron chi connectivity index (χ1n) is 7.61. The Bertz CT molecular complexity index is 741. The number of rotatable bonds is 3. The molecule has 1 saturated heterocycles. The Kier molecular flexibility index (Phi) is 3.04. The predicted octanol–water partition coefficient (Wildman–Crippen LogP) is 3.03. The van der Waals surface area contributed by atoms with E-state index in [1.165, 1.54) is 22.9 Å². The third-order valence-corrected chi connectivity index (χ3v) is 4.50. The van der Waals surface area contributed by atoms with E-state index in [9.17, 15) is 0 Å². The van der Waals surface area contributed by atoms with E-state index in [4.69, 9.17) is 0 Å². The number of aromatic amines is 1. The molecule has 1 fully saturated rings. The van der Waals surface area contributed by atoms with Gasteiger partial charge in [0.15, 0.2) is 0 Å². The van der Waals surface area contributed by atoms with E-state index < -0.39 is 0 Å². The minimum Gasteiger partial charge on any atom is -0.347 e. The van der Waals surface area contributed by atoms with Gasteiger partial charge in [-0.3, -0.25) is 5.10 Å². The van der Waals surface area contributed by atoms with Gasteiger partial charge < -0.3 is 9.88 Å². The molecule has 3 heterocycles. The van der Waals surface area contributed by atoms with Crippen LogP contribution in [0.4, 0.5) is 0 Å². The molecule has 21 heavy (non-hydrogen) atoms. The van der Waals surface area contributed by atoms with Crippen LogP contribution in [0.15, 0.2) is 42.9 Å². The molecule has 3 aromatic rings.